The quantitative estimate of drug-likeness (QED) is 0.516. The summed E-state index contributed by atoms with van der Waals surface area (Å²) >= 11 is 0. The van der Waals surface area contributed by atoms with E-state index in [0.717, 1.165) is 0 Å². The summed E-state index contributed by atoms with van der Waals surface area (Å²) in [5.41, 5.74) is 1.21. The van der Waals surface area contributed by atoms with Gasteiger partial charge >= 0.3 is 5.82 Å². The Morgan fingerprint density at radius 2 is 2.29 bits per heavy atom. The van der Waals surface area contributed by atoms with Gasteiger partial charge in [0.1, 0.15) is 6.20 Å². The highest BCUT2D eigenvalue weighted by Gasteiger charge is 2.23. The smallest absolute Gasteiger partial charge is 0.358 e. The third-order valence-electron chi connectivity index (χ3n) is 1.82. The van der Waals surface area contributed by atoms with Crippen LogP contribution >= 0.6 is 0 Å². The molecule has 0 aromatic carbocycles. The maximum Gasteiger partial charge on any atom is 0.371 e. The molecule has 1 aliphatic heterocycles. The Labute approximate surface area is 79.9 Å². The van der Waals surface area contributed by atoms with Crippen LogP contribution in [-0.4, -0.2) is 9.91 Å². The lowest BCUT2D eigenvalue weighted by molar-refractivity contribution is -0.429. The van der Waals surface area contributed by atoms with Crippen molar-refractivity contribution in [1.82, 2.24) is 10.3 Å². The van der Waals surface area contributed by atoms with Crippen LogP contribution in [0.3, 0.4) is 0 Å². The Morgan fingerprint density at radius 3 is 2.93 bits per heavy atom. The van der Waals surface area contributed by atoms with Crippen molar-refractivity contribution >= 4 is 5.57 Å². The summed E-state index contributed by atoms with van der Waals surface area (Å²) in [5, 5.41) is 14.2. The second-order valence-corrected chi connectivity index (χ2v) is 2.68. The zero-order chi connectivity index (χ0) is 9.97. The lowest BCUT2D eigenvalue weighted by atomic mass is 10.1. The SMILES string of the molecule is O=[N+]([O-])C1=C(c2cccnc2)C=C[N]1. The second kappa shape index (κ2) is 3.29. The van der Waals surface area contributed by atoms with Gasteiger partial charge in [-0.05, 0) is 22.4 Å². The lowest BCUT2D eigenvalue weighted by Crippen LogP contribution is -2.06. The lowest BCUT2D eigenvalue weighted by Gasteiger charge is -1.98. The van der Waals surface area contributed by atoms with Crippen molar-refractivity contribution < 1.29 is 4.92 Å². The fourth-order valence-corrected chi connectivity index (χ4v) is 1.22. The van der Waals surface area contributed by atoms with Gasteiger partial charge in [-0.3, -0.25) is 4.98 Å². The molecule has 2 heterocycles. The topological polar surface area (TPSA) is 70.1 Å². The van der Waals surface area contributed by atoms with Crippen LogP contribution in [0.1, 0.15) is 5.56 Å². The third kappa shape index (κ3) is 1.35. The highest BCUT2D eigenvalue weighted by molar-refractivity contribution is 5.76. The van der Waals surface area contributed by atoms with Crippen molar-refractivity contribution in [3.8, 4) is 0 Å². The molecule has 1 aromatic heterocycles. The molecule has 2 rings (SSSR count). The molecule has 1 aliphatic rings. The summed E-state index contributed by atoms with van der Waals surface area (Å²) in [6, 6.07) is 3.49. The van der Waals surface area contributed by atoms with E-state index in [9.17, 15) is 10.1 Å². The molecule has 0 bridgehead atoms. The minimum atomic E-state index is -0.498. The molecule has 5 nitrogen and oxygen atoms in total. The van der Waals surface area contributed by atoms with Gasteiger partial charge in [-0.25, -0.2) is 0 Å². The number of nitrogens with zero attached hydrogens (tertiary/aromatic N) is 3. The van der Waals surface area contributed by atoms with Crippen LogP contribution in [0.5, 0.6) is 0 Å². The number of hydrogen-bond acceptors (Lipinski definition) is 3. The fourth-order valence-electron chi connectivity index (χ4n) is 1.22. The molecule has 0 unspecified atom stereocenters. The monoisotopic (exact) mass is 188 g/mol. The predicted molar refractivity (Wildman–Crippen MR) is 49.4 cm³/mol. The molecule has 0 atom stereocenters. The summed E-state index contributed by atoms with van der Waals surface area (Å²) < 4.78 is 0. The van der Waals surface area contributed by atoms with E-state index in [1.165, 1.54) is 6.20 Å². The first kappa shape index (κ1) is 8.43. The largest absolute Gasteiger partial charge is 0.371 e. The zero-order valence-electron chi connectivity index (χ0n) is 7.12. The molecular formula is C9H6N3O2. The van der Waals surface area contributed by atoms with Crippen molar-refractivity contribution in [3.05, 3.63) is 58.3 Å². The molecule has 0 spiro atoms. The van der Waals surface area contributed by atoms with E-state index in [-0.39, 0.29) is 5.82 Å². The van der Waals surface area contributed by atoms with E-state index in [0.29, 0.717) is 11.1 Å². The van der Waals surface area contributed by atoms with Gasteiger partial charge in [0.25, 0.3) is 0 Å². The van der Waals surface area contributed by atoms with Gasteiger partial charge in [0.05, 0.1) is 5.57 Å². The minimum absolute atomic E-state index is 0.127. The van der Waals surface area contributed by atoms with Gasteiger partial charge in [0.2, 0.25) is 0 Å². The van der Waals surface area contributed by atoms with Gasteiger partial charge in [-0.1, -0.05) is 6.07 Å². The molecule has 5 heteroatoms. The first-order valence-corrected chi connectivity index (χ1v) is 3.95. The molecular weight excluding hydrogens is 182 g/mol. The molecule has 69 valence electrons. The van der Waals surface area contributed by atoms with E-state index < -0.39 is 4.92 Å². The molecule has 0 saturated heterocycles. The fraction of sp³-hybridized carbons (Fsp3) is 0. The first-order chi connectivity index (χ1) is 6.79. The summed E-state index contributed by atoms with van der Waals surface area (Å²) in [7, 11) is 0. The highest BCUT2D eigenvalue weighted by atomic mass is 16.6. The Morgan fingerprint density at radius 1 is 1.43 bits per heavy atom. The molecule has 1 radical (unpaired) electrons. The van der Waals surface area contributed by atoms with Crippen LogP contribution in [-0.2, 0) is 0 Å². The van der Waals surface area contributed by atoms with E-state index in [2.05, 4.69) is 10.3 Å². The normalized spacial score (nSPS) is 14.3. The van der Waals surface area contributed by atoms with Gasteiger partial charge in [0.15, 0.2) is 0 Å². The molecule has 0 saturated carbocycles. The maximum atomic E-state index is 10.6. The Bertz CT molecular complexity index is 423. The zero-order valence-corrected chi connectivity index (χ0v) is 7.12. The molecule has 0 N–H and O–H groups in total. The number of aromatic nitrogens is 1. The van der Waals surface area contributed by atoms with Crippen LogP contribution in [0, 0.1) is 10.1 Å². The van der Waals surface area contributed by atoms with Crippen molar-refractivity contribution in [2.75, 3.05) is 0 Å². The maximum absolute atomic E-state index is 10.6. The minimum Gasteiger partial charge on any atom is -0.358 e. The average Bonchev–Trinajstić information content (AvgIpc) is 2.67. The van der Waals surface area contributed by atoms with Gasteiger partial charge < -0.3 is 10.1 Å². The standard InChI is InChI=1S/C9H6N3O2/c13-12(14)9-8(3-5-11-9)7-2-1-4-10-6-7/h1-6H. The Balaban J connectivity index is 2.47. The van der Waals surface area contributed by atoms with Crippen molar-refractivity contribution in [3.63, 3.8) is 0 Å². The van der Waals surface area contributed by atoms with Crippen LogP contribution in [0.25, 0.3) is 5.57 Å². The molecule has 1 aromatic rings. The van der Waals surface area contributed by atoms with E-state index >= 15 is 0 Å². The van der Waals surface area contributed by atoms with Gasteiger partial charge in [-0.2, -0.15) is 0 Å². The number of nitro groups is 1. The Kier molecular flexibility index (Phi) is 1.98. The predicted octanol–water partition coefficient (Wildman–Crippen LogP) is 1.16. The van der Waals surface area contributed by atoms with Crippen molar-refractivity contribution in [2.24, 2.45) is 0 Å². The van der Waals surface area contributed by atoms with Crippen molar-refractivity contribution in [2.45, 2.75) is 0 Å². The Hall–Kier alpha value is -2.17. The van der Waals surface area contributed by atoms with Crippen molar-refractivity contribution in [1.29, 1.82) is 0 Å². The molecule has 14 heavy (non-hydrogen) atoms. The van der Waals surface area contributed by atoms with E-state index in [1.807, 2.05) is 0 Å². The van der Waals surface area contributed by atoms with Gasteiger partial charge in [0, 0.05) is 18.0 Å². The van der Waals surface area contributed by atoms with E-state index in [4.69, 9.17) is 0 Å². The molecule has 0 aliphatic carbocycles. The first-order valence-electron chi connectivity index (χ1n) is 3.95. The number of allylic oxidation sites excluding steroid dienone is 2. The van der Waals surface area contributed by atoms with Crippen LogP contribution < -0.4 is 5.32 Å². The van der Waals surface area contributed by atoms with Crippen LogP contribution in [0.2, 0.25) is 0 Å². The van der Waals surface area contributed by atoms with Crippen LogP contribution in [0.15, 0.2) is 42.6 Å². The third-order valence-corrected chi connectivity index (χ3v) is 1.82. The molecule has 0 fully saturated rings. The van der Waals surface area contributed by atoms with E-state index in [1.54, 1.807) is 30.6 Å². The summed E-state index contributed by atoms with van der Waals surface area (Å²) in [4.78, 5) is 14.0. The second-order valence-electron chi connectivity index (χ2n) is 2.68. The van der Waals surface area contributed by atoms with Crippen LogP contribution in [0.4, 0.5) is 0 Å². The highest BCUT2D eigenvalue weighted by Crippen LogP contribution is 2.22. The number of pyridine rings is 1. The number of rotatable bonds is 2. The summed E-state index contributed by atoms with van der Waals surface area (Å²) in [6.07, 6.45) is 6.21. The number of hydrogen-bond donors (Lipinski definition) is 0. The van der Waals surface area contributed by atoms with Gasteiger partial charge in [-0.15, -0.1) is 0 Å². The summed E-state index contributed by atoms with van der Waals surface area (Å²) in [6.45, 7) is 0. The molecule has 0 amide bonds. The summed E-state index contributed by atoms with van der Waals surface area (Å²) in [5.74, 6) is -0.127. The average molecular weight is 188 g/mol.